The first-order valence-electron chi connectivity index (χ1n) is 8.20. The predicted octanol–water partition coefficient (Wildman–Crippen LogP) is 3.63. The van der Waals surface area contributed by atoms with Gasteiger partial charge in [-0.15, -0.1) is 0 Å². The third-order valence-corrected chi connectivity index (χ3v) is 4.17. The zero-order valence-corrected chi connectivity index (χ0v) is 14.0. The van der Waals surface area contributed by atoms with Crippen molar-refractivity contribution in [1.82, 2.24) is 19.5 Å². The van der Waals surface area contributed by atoms with Crippen LogP contribution in [0.1, 0.15) is 47.6 Å². The largest absolute Gasteiger partial charge is 0.321 e. The molecule has 0 aliphatic rings. The van der Waals surface area contributed by atoms with E-state index in [0.29, 0.717) is 25.0 Å². The Morgan fingerprint density at radius 3 is 2.68 bits per heavy atom. The molecule has 0 amide bonds. The first-order chi connectivity index (χ1) is 12.1. The highest BCUT2D eigenvalue weighted by molar-refractivity contribution is 5.94. The summed E-state index contributed by atoms with van der Waals surface area (Å²) in [5.41, 5.74) is 2.37. The fourth-order valence-electron chi connectivity index (χ4n) is 2.75. The lowest BCUT2D eigenvalue weighted by Gasteiger charge is -2.16. The fourth-order valence-corrected chi connectivity index (χ4v) is 2.75. The smallest absolute Gasteiger partial charge is 0.180 e. The molecule has 0 N–H and O–H groups in total. The van der Waals surface area contributed by atoms with E-state index in [1.165, 1.54) is 12.1 Å². The van der Waals surface area contributed by atoms with Crippen LogP contribution in [0.2, 0.25) is 0 Å². The quantitative estimate of drug-likeness (QED) is 0.617. The van der Waals surface area contributed by atoms with E-state index in [1.807, 2.05) is 11.5 Å². The Labute approximate surface area is 145 Å². The normalized spacial score (nSPS) is 12.1. The summed E-state index contributed by atoms with van der Waals surface area (Å²) in [6, 6.07) is 6.20. The van der Waals surface area contributed by atoms with Crippen LogP contribution in [0, 0.1) is 5.82 Å². The van der Waals surface area contributed by atoms with Gasteiger partial charge < -0.3 is 4.57 Å². The van der Waals surface area contributed by atoms with Crippen LogP contribution in [0.4, 0.5) is 4.39 Å². The van der Waals surface area contributed by atoms with E-state index >= 15 is 0 Å². The molecule has 2 aromatic heterocycles. The summed E-state index contributed by atoms with van der Waals surface area (Å²) in [7, 11) is 0. The van der Waals surface area contributed by atoms with Crippen LogP contribution in [0.25, 0.3) is 0 Å². The van der Waals surface area contributed by atoms with E-state index in [1.54, 1.807) is 43.2 Å². The Morgan fingerprint density at radius 1 is 1.16 bits per heavy atom. The fraction of sp³-hybridized carbons (Fsp3) is 0.263. The summed E-state index contributed by atoms with van der Waals surface area (Å²) in [4.78, 5) is 24.9. The van der Waals surface area contributed by atoms with Gasteiger partial charge in [0.1, 0.15) is 11.5 Å². The Morgan fingerprint density at radius 2 is 1.96 bits per heavy atom. The molecule has 0 radical (unpaired) electrons. The number of hydrogen-bond acceptors (Lipinski definition) is 4. The van der Waals surface area contributed by atoms with Crippen molar-refractivity contribution in [3.05, 3.63) is 78.1 Å². The molecule has 0 aliphatic heterocycles. The van der Waals surface area contributed by atoms with Crippen LogP contribution in [0.5, 0.6) is 0 Å². The average molecular weight is 338 g/mol. The third-order valence-electron chi connectivity index (χ3n) is 4.17. The summed E-state index contributed by atoms with van der Waals surface area (Å²) in [5, 5.41) is 0. The van der Waals surface area contributed by atoms with Crippen molar-refractivity contribution in [2.45, 2.75) is 32.2 Å². The monoisotopic (exact) mass is 338 g/mol. The van der Waals surface area contributed by atoms with Gasteiger partial charge in [-0.2, -0.15) is 0 Å². The molecule has 1 atom stereocenters. The lowest BCUT2D eigenvalue weighted by Crippen LogP contribution is -2.13. The number of Topliss-reactive ketones (excluding diaryl/α,β-unsaturated/α-hetero) is 1. The van der Waals surface area contributed by atoms with Crippen LogP contribution in [0.3, 0.4) is 0 Å². The molecule has 1 aromatic carbocycles. The summed E-state index contributed by atoms with van der Waals surface area (Å²) in [5.74, 6) is -0.239. The van der Waals surface area contributed by atoms with E-state index in [2.05, 4.69) is 15.0 Å². The Kier molecular flexibility index (Phi) is 5.28. The van der Waals surface area contributed by atoms with Gasteiger partial charge in [-0.05, 0) is 37.5 Å². The van der Waals surface area contributed by atoms with Gasteiger partial charge in [0.15, 0.2) is 5.78 Å². The van der Waals surface area contributed by atoms with Gasteiger partial charge in [0.25, 0.3) is 0 Å². The van der Waals surface area contributed by atoms with Gasteiger partial charge >= 0.3 is 0 Å². The lowest BCUT2D eigenvalue weighted by atomic mass is 10.1. The highest BCUT2D eigenvalue weighted by atomic mass is 19.1. The molecule has 0 fully saturated rings. The number of halogens is 1. The molecule has 0 saturated carbocycles. The number of carbonyl (C=O) groups is 1. The second kappa shape index (κ2) is 7.79. The highest BCUT2D eigenvalue weighted by Crippen LogP contribution is 2.21. The van der Waals surface area contributed by atoms with Gasteiger partial charge in [-0.25, -0.2) is 9.37 Å². The number of benzene rings is 1. The number of aromatic nitrogens is 4. The van der Waals surface area contributed by atoms with Crippen LogP contribution in [-0.2, 0) is 6.42 Å². The Hall–Kier alpha value is -2.89. The number of hydrogen-bond donors (Lipinski definition) is 0. The number of imidazole rings is 1. The van der Waals surface area contributed by atoms with Crippen LogP contribution in [0.15, 0.2) is 55.4 Å². The summed E-state index contributed by atoms with van der Waals surface area (Å²) < 4.78 is 14.9. The molecule has 3 rings (SSSR count). The summed E-state index contributed by atoms with van der Waals surface area (Å²) >= 11 is 0. The SMILES string of the molecule is C[C@H](c1ccc(F)cc1)n1cncc1C(=O)CCCc1cnccn1. The Balaban J connectivity index is 1.66. The van der Waals surface area contributed by atoms with Crippen LogP contribution < -0.4 is 0 Å². The van der Waals surface area contributed by atoms with E-state index in [4.69, 9.17) is 0 Å². The predicted molar refractivity (Wildman–Crippen MR) is 91.7 cm³/mol. The molecule has 2 heterocycles. The van der Waals surface area contributed by atoms with Crippen molar-refractivity contribution in [1.29, 1.82) is 0 Å². The van der Waals surface area contributed by atoms with Crippen molar-refractivity contribution >= 4 is 5.78 Å². The van der Waals surface area contributed by atoms with E-state index in [-0.39, 0.29) is 17.6 Å². The minimum Gasteiger partial charge on any atom is -0.321 e. The van der Waals surface area contributed by atoms with Gasteiger partial charge in [0.05, 0.1) is 24.3 Å². The first kappa shape index (κ1) is 17.0. The van der Waals surface area contributed by atoms with Gasteiger partial charge in [-0.3, -0.25) is 14.8 Å². The van der Waals surface area contributed by atoms with Crippen molar-refractivity contribution in [3.8, 4) is 0 Å². The average Bonchev–Trinajstić information content (AvgIpc) is 3.12. The van der Waals surface area contributed by atoms with Crippen molar-refractivity contribution in [3.63, 3.8) is 0 Å². The molecule has 0 unspecified atom stereocenters. The molecule has 5 nitrogen and oxygen atoms in total. The van der Waals surface area contributed by atoms with E-state index in [0.717, 1.165) is 11.3 Å². The van der Waals surface area contributed by atoms with Gasteiger partial charge in [0.2, 0.25) is 0 Å². The maximum absolute atomic E-state index is 13.1. The number of nitrogens with zero attached hydrogens (tertiary/aromatic N) is 4. The second-order valence-corrected chi connectivity index (χ2v) is 5.89. The van der Waals surface area contributed by atoms with Crippen LogP contribution in [-0.4, -0.2) is 25.3 Å². The van der Waals surface area contributed by atoms with Gasteiger partial charge in [-0.1, -0.05) is 12.1 Å². The van der Waals surface area contributed by atoms with E-state index < -0.39 is 0 Å². The maximum Gasteiger partial charge on any atom is 0.180 e. The molecule has 3 aromatic rings. The van der Waals surface area contributed by atoms with Crippen molar-refractivity contribution in [2.24, 2.45) is 0 Å². The molecule has 128 valence electrons. The maximum atomic E-state index is 13.1. The molecule has 0 saturated heterocycles. The third kappa shape index (κ3) is 4.15. The minimum absolute atomic E-state index is 0.0374. The zero-order chi connectivity index (χ0) is 17.6. The van der Waals surface area contributed by atoms with E-state index in [9.17, 15) is 9.18 Å². The van der Waals surface area contributed by atoms with Gasteiger partial charge in [0, 0.05) is 25.0 Å². The minimum atomic E-state index is -0.276. The lowest BCUT2D eigenvalue weighted by molar-refractivity contribution is 0.0970. The summed E-state index contributed by atoms with van der Waals surface area (Å²) in [6.07, 6.45) is 10.0. The second-order valence-electron chi connectivity index (χ2n) is 5.89. The number of ketones is 1. The highest BCUT2D eigenvalue weighted by Gasteiger charge is 2.17. The van der Waals surface area contributed by atoms with Crippen molar-refractivity contribution in [2.75, 3.05) is 0 Å². The standard InChI is InChI=1S/C19H19FN4O/c1-14(15-5-7-16(20)8-6-15)24-13-22-12-18(24)19(25)4-2-3-17-11-21-9-10-23-17/h5-14H,2-4H2,1H3/t14-/m1/s1. The molecule has 25 heavy (non-hydrogen) atoms. The van der Waals surface area contributed by atoms with Crippen molar-refractivity contribution < 1.29 is 9.18 Å². The molecule has 0 aliphatic carbocycles. The molecular weight excluding hydrogens is 319 g/mol. The Bertz CT molecular complexity index is 830. The zero-order valence-electron chi connectivity index (χ0n) is 14.0. The summed E-state index contributed by atoms with van der Waals surface area (Å²) in [6.45, 7) is 1.96. The number of carbonyl (C=O) groups excluding carboxylic acids is 1. The molecule has 0 spiro atoms. The number of rotatable bonds is 7. The molecular formula is C19H19FN4O. The first-order valence-corrected chi connectivity index (χ1v) is 8.20. The molecule has 0 bridgehead atoms. The molecule has 6 heteroatoms. The topological polar surface area (TPSA) is 60.7 Å². The number of aryl methyl sites for hydroxylation is 1. The van der Waals surface area contributed by atoms with Crippen LogP contribution >= 0.6 is 0 Å².